The Hall–Kier alpha value is -1.16. The zero-order valence-electron chi connectivity index (χ0n) is 13.8. The number of anilines is 1. The fraction of sp³-hybridized carbons (Fsp3) is 0.750. The van der Waals surface area contributed by atoms with Crippen LogP contribution in [0.4, 0.5) is 5.69 Å². The highest BCUT2D eigenvalue weighted by molar-refractivity contribution is 5.49. The molecule has 1 aromatic rings. The van der Waals surface area contributed by atoms with Gasteiger partial charge in [0.2, 0.25) is 0 Å². The quantitative estimate of drug-likeness (QED) is 0.832. The molecule has 0 amide bonds. The smallest absolute Gasteiger partial charge is 0.131 e. The molecule has 1 heterocycles. The molecule has 1 aromatic heterocycles. The third-order valence-electron chi connectivity index (χ3n) is 3.09. The number of aromatic nitrogens is 2. The first-order valence-electron chi connectivity index (χ1n) is 7.65. The summed E-state index contributed by atoms with van der Waals surface area (Å²) in [4.78, 5) is 11.5. The molecular weight excluding hydrogens is 248 g/mol. The van der Waals surface area contributed by atoms with Crippen molar-refractivity contribution in [2.45, 2.75) is 54.0 Å². The second-order valence-electron chi connectivity index (χ2n) is 6.61. The van der Waals surface area contributed by atoms with Crippen LogP contribution in [0.2, 0.25) is 0 Å². The first-order chi connectivity index (χ1) is 9.35. The van der Waals surface area contributed by atoms with Crippen molar-refractivity contribution in [3.8, 4) is 0 Å². The minimum Gasteiger partial charge on any atom is -0.368 e. The molecule has 0 aliphatic heterocycles. The van der Waals surface area contributed by atoms with Crippen LogP contribution in [0.5, 0.6) is 0 Å². The summed E-state index contributed by atoms with van der Waals surface area (Å²) >= 11 is 0. The zero-order valence-corrected chi connectivity index (χ0v) is 13.8. The van der Waals surface area contributed by atoms with Gasteiger partial charge in [0.05, 0.1) is 17.6 Å². The highest BCUT2D eigenvalue weighted by Gasteiger charge is 2.16. The fourth-order valence-electron chi connectivity index (χ4n) is 2.27. The van der Waals surface area contributed by atoms with E-state index in [0.717, 1.165) is 30.3 Å². The maximum absolute atomic E-state index is 5.90. The summed E-state index contributed by atoms with van der Waals surface area (Å²) in [6.45, 7) is 15.6. The minimum absolute atomic E-state index is 0.331. The van der Waals surface area contributed by atoms with Gasteiger partial charge in [-0.3, -0.25) is 0 Å². The maximum Gasteiger partial charge on any atom is 0.131 e. The molecule has 0 aromatic carbocycles. The molecule has 114 valence electrons. The standard InChI is InChI=1S/C16H30N4/c1-11(2)9-20(10-12(3)4)15-8-18-16(13(5)6)19-14(15)7-17/h8,11-13H,7,9-10,17H2,1-6H3. The van der Waals surface area contributed by atoms with Crippen LogP contribution < -0.4 is 10.6 Å². The Morgan fingerprint density at radius 1 is 1.05 bits per heavy atom. The molecule has 0 spiro atoms. The van der Waals surface area contributed by atoms with E-state index in [9.17, 15) is 0 Å². The molecule has 0 saturated heterocycles. The van der Waals surface area contributed by atoms with Gasteiger partial charge in [-0.05, 0) is 11.8 Å². The van der Waals surface area contributed by atoms with E-state index in [1.807, 2.05) is 6.20 Å². The van der Waals surface area contributed by atoms with Crippen molar-refractivity contribution in [3.63, 3.8) is 0 Å². The van der Waals surface area contributed by atoms with E-state index in [-0.39, 0.29) is 0 Å². The van der Waals surface area contributed by atoms with Gasteiger partial charge in [0.15, 0.2) is 0 Å². The van der Waals surface area contributed by atoms with Gasteiger partial charge in [-0.15, -0.1) is 0 Å². The average Bonchev–Trinajstić information content (AvgIpc) is 2.35. The summed E-state index contributed by atoms with van der Waals surface area (Å²) in [5.74, 6) is 2.41. The molecule has 0 atom stereocenters. The minimum atomic E-state index is 0.331. The van der Waals surface area contributed by atoms with Crippen LogP contribution in [0.25, 0.3) is 0 Å². The Labute approximate surface area is 123 Å². The van der Waals surface area contributed by atoms with E-state index in [4.69, 9.17) is 5.73 Å². The molecule has 0 fully saturated rings. The van der Waals surface area contributed by atoms with Gasteiger partial charge in [0, 0.05) is 25.6 Å². The van der Waals surface area contributed by atoms with Gasteiger partial charge >= 0.3 is 0 Å². The van der Waals surface area contributed by atoms with Crippen LogP contribution in [-0.4, -0.2) is 23.1 Å². The number of nitrogens with zero attached hydrogens (tertiary/aromatic N) is 3. The van der Waals surface area contributed by atoms with Gasteiger partial charge in [0.25, 0.3) is 0 Å². The van der Waals surface area contributed by atoms with Crippen LogP contribution in [0.15, 0.2) is 6.20 Å². The van der Waals surface area contributed by atoms with Crippen molar-refractivity contribution in [1.82, 2.24) is 9.97 Å². The molecule has 4 nitrogen and oxygen atoms in total. The molecule has 0 radical (unpaired) electrons. The lowest BCUT2D eigenvalue weighted by atomic mass is 10.1. The summed E-state index contributed by atoms with van der Waals surface area (Å²) in [7, 11) is 0. The third-order valence-corrected chi connectivity index (χ3v) is 3.09. The second-order valence-corrected chi connectivity index (χ2v) is 6.61. The van der Waals surface area contributed by atoms with E-state index in [1.165, 1.54) is 0 Å². The van der Waals surface area contributed by atoms with Crippen LogP contribution in [0.3, 0.4) is 0 Å². The third kappa shape index (κ3) is 4.75. The van der Waals surface area contributed by atoms with Crippen LogP contribution in [0.1, 0.15) is 59.0 Å². The molecule has 4 heteroatoms. The van der Waals surface area contributed by atoms with Crippen molar-refractivity contribution in [2.24, 2.45) is 17.6 Å². The van der Waals surface area contributed by atoms with Crippen molar-refractivity contribution < 1.29 is 0 Å². The number of nitrogens with two attached hydrogens (primary N) is 1. The topological polar surface area (TPSA) is 55.0 Å². The summed E-state index contributed by atoms with van der Waals surface area (Å²) in [6.07, 6.45) is 1.95. The first kappa shape index (κ1) is 16.9. The highest BCUT2D eigenvalue weighted by Crippen LogP contribution is 2.22. The van der Waals surface area contributed by atoms with Gasteiger partial charge in [-0.2, -0.15) is 0 Å². The highest BCUT2D eigenvalue weighted by atomic mass is 15.2. The zero-order chi connectivity index (χ0) is 15.3. The molecular formula is C16H30N4. The molecule has 0 aliphatic rings. The summed E-state index contributed by atoms with van der Waals surface area (Å²) in [5, 5.41) is 0. The van der Waals surface area contributed by atoms with Gasteiger partial charge in [-0.25, -0.2) is 9.97 Å². The van der Waals surface area contributed by atoms with Crippen molar-refractivity contribution in [1.29, 1.82) is 0 Å². The Balaban J connectivity index is 3.11. The van der Waals surface area contributed by atoms with Crippen LogP contribution in [-0.2, 0) is 6.54 Å². The lowest BCUT2D eigenvalue weighted by molar-refractivity contribution is 0.549. The molecule has 0 bridgehead atoms. The van der Waals surface area contributed by atoms with Crippen LogP contribution in [0, 0.1) is 11.8 Å². The lowest BCUT2D eigenvalue weighted by Gasteiger charge is -2.29. The Kier molecular flexibility index (Phi) is 6.40. The van der Waals surface area contributed by atoms with Crippen LogP contribution >= 0.6 is 0 Å². The maximum atomic E-state index is 5.90. The van der Waals surface area contributed by atoms with E-state index in [0.29, 0.717) is 24.3 Å². The van der Waals surface area contributed by atoms with E-state index >= 15 is 0 Å². The van der Waals surface area contributed by atoms with E-state index < -0.39 is 0 Å². The Bertz CT molecular complexity index is 403. The first-order valence-corrected chi connectivity index (χ1v) is 7.65. The monoisotopic (exact) mass is 278 g/mol. The Morgan fingerprint density at radius 3 is 2.00 bits per heavy atom. The second kappa shape index (κ2) is 7.58. The van der Waals surface area contributed by atoms with E-state index in [2.05, 4.69) is 56.4 Å². The number of hydrogen-bond donors (Lipinski definition) is 1. The van der Waals surface area contributed by atoms with Gasteiger partial charge in [0.1, 0.15) is 5.82 Å². The molecule has 0 unspecified atom stereocenters. The van der Waals surface area contributed by atoms with Crippen molar-refractivity contribution in [2.75, 3.05) is 18.0 Å². The predicted molar refractivity (Wildman–Crippen MR) is 85.9 cm³/mol. The molecule has 1 rings (SSSR count). The SMILES string of the molecule is CC(C)CN(CC(C)C)c1cnc(C(C)C)nc1CN. The summed E-state index contributed by atoms with van der Waals surface area (Å²) < 4.78 is 0. The Morgan fingerprint density at radius 2 is 1.60 bits per heavy atom. The largest absolute Gasteiger partial charge is 0.368 e. The number of hydrogen-bond acceptors (Lipinski definition) is 4. The van der Waals surface area contributed by atoms with Crippen molar-refractivity contribution in [3.05, 3.63) is 17.7 Å². The number of rotatable bonds is 7. The molecule has 0 saturated carbocycles. The molecule has 20 heavy (non-hydrogen) atoms. The van der Waals surface area contributed by atoms with Gasteiger partial charge in [-0.1, -0.05) is 41.5 Å². The summed E-state index contributed by atoms with van der Waals surface area (Å²) in [5.41, 5.74) is 7.96. The fourth-order valence-corrected chi connectivity index (χ4v) is 2.27. The van der Waals surface area contributed by atoms with Crippen molar-refractivity contribution >= 4 is 5.69 Å². The lowest BCUT2D eigenvalue weighted by Crippen LogP contribution is -2.33. The normalized spacial score (nSPS) is 11.7. The molecule has 0 aliphatic carbocycles. The van der Waals surface area contributed by atoms with Gasteiger partial charge < -0.3 is 10.6 Å². The molecule has 2 N–H and O–H groups in total. The average molecular weight is 278 g/mol. The summed E-state index contributed by atoms with van der Waals surface area (Å²) in [6, 6.07) is 0. The predicted octanol–water partition coefficient (Wildman–Crippen LogP) is 3.18. The van der Waals surface area contributed by atoms with E-state index in [1.54, 1.807) is 0 Å².